The smallest absolute Gasteiger partial charge is 0.0786 e. The van der Waals surface area contributed by atoms with Crippen LogP contribution < -0.4 is 4.90 Å². The van der Waals surface area contributed by atoms with Gasteiger partial charge in [0, 0.05) is 18.8 Å². The van der Waals surface area contributed by atoms with Crippen LogP contribution in [0, 0.1) is 11.3 Å². The van der Waals surface area contributed by atoms with E-state index in [1.165, 1.54) is 18.5 Å². The number of nitriles is 1. The second-order valence-electron chi connectivity index (χ2n) is 4.95. The van der Waals surface area contributed by atoms with E-state index in [1.54, 1.807) is 0 Å². The minimum Gasteiger partial charge on any atom is -0.371 e. The summed E-state index contributed by atoms with van der Waals surface area (Å²) in [6.45, 7) is 6.22. The molecular formula is C14H18N2. The number of benzene rings is 1. The van der Waals surface area contributed by atoms with E-state index in [2.05, 4.69) is 29.2 Å². The van der Waals surface area contributed by atoms with Crippen LogP contribution in [0.5, 0.6) is 0 Å². The lowest BCUT2D eigenvalue weighted by Gasteiger charge is -2.26. The van der Waals surface area contributed by atoms with Crippen molar-refractivity contribution in [3.63, 3.8) is 0 Å². The van der Waals surface area contributed by atoms with Gasteiger partial charge in [0.15, 0.2) is 0 Å². The maximum Gasteiger partial charge on any atom is 0.0786 e. The zero-order valence-corrected chi connectivity index (χ0v) is 10.0. The molecule has 0 aromatic heterocycles. The molecule has 2 heteroatoms. The van der Waals surface area contributed by atoms with Crippen molar-refractivity contribution in [3.05, 3.63) is 29.8 Å². The van der Waals surface area contributed by atoms with Gasteiger partial charge < -0.3 is 4.90 Å². The summed E-state index contributed by atoms with van der Waals surface area (Å²) in [6, 6.07) is 10.7. The third-order valence-electron chi connectivity index (χ3n) is 3.30. The zero-order chi connectivity index (χ0) is 11.6. The van der Waals surface area contributed by atoms with Crippen LogP contribution in [0.1, 0.15) is 32.3 Å². The van der Waals surface area contributed by atoms with Crippen LogP contribution >= 0.6 is 0 Å². The summed E-state index contributed by atoms with van der Waals surface area (Å²) < 4.78 is 0. The van der Waals surface area contributed by atoms with Crippen LogP contribution in [-0.2, 0) is 5.41 Å². The molecule has 0 amide bonds. The number of nitrogens with zero attached hydrogens (tertiary/aromatic N) is 2. The van der Waals surface area contributed by atoms with Crippen molar-refractivity contribution in [2.75, 3.05) is 18.0 Å². The van der Waals surface area contributed by atoms with Crippen molar-refractivity contribution < 1.29 is 0 Å². The summed E-state index contributed by atoms with van der Waals surface area (Å²) in [6.07, 6.45) is 2.53. The maximum absolute atomic E-state index is 9.25. The standard InChI is InChI=1S/C14H18N2/c1-14(2,11-15)12-7-3-4-8-13(12)16-9-5-6-10-16/h3-4,7-8H,5-6,9-10H2,1-2H3. The molecule has 0 atom stereocenters. The Hall–Kier alpha value is -1.49. The summed E-state index contributed by atoms with van der Waals surface area (Å²) >= 11 is 0. The fourth-order valence-electron chi connectivity index (χ4n) is 2.30. The number of para-hydroxylation sites is 1. The molecule has 84 valence electrons. The fraction of sp³-hybridized carbons (Fsp3) is 0.500. The second kappa shape index (κ2) is 4.17. The predicted molar refractivity (Wildman–Crippen MR) is 66.5 cm³/mol. The lowest BCUT2D eigenvalue weighted by molar-refractivity contribution is 0.683. The van der Waals surface area contributed by atoms with Gasteiger partial charge in [0.1, 0.15) is 0 Å². The molecule has 1 aromatic carbocycles. The van der Waals surface area contributed by atoms with E-state index >= 15 is 0 Å². The summed E-state index contributed by atoms with van der Waals surface area (Å²) in [7, 11) is 0. The van der Waals surface area contributed by atoms with Gasteiger partial charge in [-0.15, -0.1) is 0 Å². The van der Waals surface area contributed by atoms with E-state index in [9.17, 15) is 5.26 Å². The highest BCUT2D eigenvalue weighted by Crippen LogP contribution is 2.33. The first-order chi connectivity index (χ1) is 7.65. The van der Waals surface area contributed by atoms with Crippen molar-refractivity contribution in [1.29, 1.82) is 5.26 Å². The molecule has 0 aliphatic carbocycles. The first-order valence-corrected chi connectivity index (χ1v) is 5.91. The lowest BCUT2D eigenvalue weighted by Crippen LogP contribution is -2.24. The quantitative estimate of drug-likeness (QED) is 0.756. The van der Waals surface area contributed by atoms with Gasteiger partial charge in [-0.05, 0) is 38.3 Å². The average Bonchev–Trinajstić information content (AvgIpc) is 2.82. The molecule has 16 heavy (non-hydrogen) atoms. The van der Waals surface area contributed by atoms with Crippen molar-refractivity contribution in [1.82, 2.24) is 0 Å². The Bertz CT molecular complexity index is 409. The minimum absolute atomic E-state index is 0.404. The van der Waals surface area contributed by atoms with E-state index in [0.29, 0.717) is 0 Å². The topological polar surface area (TPSA) is 27.0 Å². The molecule has 0 spiro atoms. The van der Waals surface area contributed by atoms with Crippen molar-refractivity contribution >= 4 is 5.69 Å². The van der Waals surface area contributed by atoms with Crippen LogP contribution in [0.25, 0.3) is 0 Å². The monoisotopic (exact) mass is 214 g/mol. The second-order valence-corrected chi connectivity index (χ2v) is 4.95. The highest BCUT2D eigenvalue weighted by Gasteiger charge is 2.26. The Morgan fingerprint density at radius 3 is 2.44 bits per heavy atom. The summed E-state index contributed by atoms with van der Waals surface area (Å²) in [5, 5.41) is 9.25. The van der Waals surface area contributed by atoms with Gasteiger partial charge in [0.25, 0.3) is 0 Å². The first-order valence-electron chi connectivity index (χ1n) is 5.91. The fourth-order valence-corrected chi connectivity index (χ4v) is 2.30. The zero-order valence-electron chi connectivity index (χ0n) is 10.0. The largest absolute Gasteiger partial charge is 0.371 e. The predicted octanol–water partition coefficient (Wildman–Crippen LogP) is 3.09. The average molecular weight is 214 g/mol. The van der Waals surface area contributed by atoms with Crippen molar-refractivity contribution in [2.45, 2.75) is 32.1 Å². The number of anilines is 1. The molecular weight excluding hydrogens is 196 g/mol. The third-order valence-corrected chi connectivity index (χ3v) is 3.30. The van der Waals surface area contributed by atoms with Crippen LogP contribution in [0.4, 0.5) is 5.69 Å². The number of hydrogen-bond acceptors (Lipinski definition) is 2. The molecule has 1 fully saturated rings. The van der Waals surface area contributed by atoms with Crippen LogP contribution in [0.15, 0.2) is 24.3 Å². The molecule has 0 radical (unpaired) electrons. The number of rotatable bonds is 2. The SMILES string of the molecule is CC(C)(C#N)c1ccccc1N1CCCC1. The van der Waals surface area contributed by atoms with Gasteiger partial charge in [0.05, 0.1) is 11.5 Å². The van der Waals surface area contributed by atoms with Crippen molar-refractivity contribution in [2.24, 2.45) is 0 Å². The van der Waals surface area contributed by atoms with Crippen molar-refractivity contribution in [3.8, 4) is 6.07 Å². The summed E-state index contributed by atoms with van der Waals surface area (Å²) in [5.41, 5.74) is 1.99. The molecule has 1 saturated heterocycles. The molecule has 0 saturated carbocycles. The highest BCUT2D eigenvalue weighted by atomic mass is 15.1. The van der Waals surface area contributed by atoms with Gasteiger partial charge >= 0.3 is 0 Å². The Morgan fingerprint density at radius 2 is 1.81 bits per heavy atom. The van der Waals surface area contributed by atoms with E-state index < -0.39 is 5.41 Å². The highest BCUT2D eigenvalue weighted by molar-refractivity contribution is 5.58. The van der Waals surface area contributed by atoms with E-state index in [4.69, 9.17) is 0 Å². The normalized spacial score (nSPS) is 16.2. The van der Waals surface area contributed by atoms with Crippen LogP contribution in [-0.4, -0.2) is 13.1 Å². The van der Waals surface area contributed by atoms with Gasteiger partial charge in [0.2, 0.25) is 0 Å². The molecule has 2 nitrogen and oxygen atoms in total. The van der Waals surface area contributed by atoms with Gasteiger partial charge in [-0.3, -0.25) is 0 Å². The Labute approximate surface area is 97.5 Å². The van der Waals surface area contributed by atoms with Gasteiger partial charge in [-0.1, -0.05) is 18.2 Å². The van der Waals surface area contributed by atoms with Gasteiger partial charge in [-0.2, -0.15) is 5.26 Å². The lowest BCUT2D eigenvalue weighted by atomic mass is 9.85. The van der Waals surface area contributed by atoms with E-state index in [1.807, 2.05) is 19.9 Å². The molecule has 2 rings (SSSR count). The maximum atomic E-state index is 9.25. The molecule has 0 unspecified atom stereocenters. The molecule has 0 bridgehead atoms. The van der Waals surface area contributed by atoms with Gasteiger partial charge in [-0.25, -0.2) is 0 Å². The Kier molecular flexibility index (Phi) is 2.87. The number of hydrogen-bond donors (Lipinski definition) is 0. The third kappa shape index (κ3) is 1.90. The van der Waals surface area contributed by atoms with Crippen LogP contribution in [0.2, 0.25) is 0 Å². The Morgan fingerprint density at radius 1 is 1.19 bits per heavy atom. The summed E-state index contributed by atoms with van der Waals surface area (Å²) in [5.74, 6) is 0. The molecule has 1 heterocycles. The van der Waals surface area contributed by atoms with E-state index in [-0.39, 0.29) is 0 Å². The molecule has 0 N–H and O–H groups in total. The van der Waals surface area contributed by atoms with E-state index in [0.717, 1.165) is 18.7 Å². The molecule has 1 aliphatic heterocycles. The first kappa shape index (κ1) is 11.0. The molecule has 1 aliphatic rings. The summed E-state index contributed by atoms with van der Waals surface area (Å²) in [4.78, 5) is 2.40. The van der Waals surface area contributed by atoms with Crippen LogP contribution in [0.3, 0.4) is 0 Å². The minimum atomic E-state index is -0.404. The molecule has 1 aromatic rings. The Balaban J connectivity index is 2.42.